The summed E-state index contributed by atoms with van der Waals surface area (Å²) in [7, 11) is 0. The summed E-state index contributed by atoms with van der Waals surface area (Å²) in [5.74, 6) is 0.755. The Bertz CT molecular complexity index is 795. The van der Waals surface area contributed by atoms with E-state index in [1.54, 1.807) is 23.9 Å². The first-order valence-corrected chi connectivity index (χ1v) is 10.0. The van der Waals surface area contributed by atoms with E-state index in [4.69, 9.17) is 17.0 Å². The number of carbonyl (C=O) groups excluding carboxylic acids is 1. The number of phenolic OH excluding ortho intramolecular Hbond substituents is 1. The van der Waals surface area contributed by atoms with E-state index in [0.717, 1.165) is 29.7 Å². The molecule has 26 heavy (non-hydrogen) atoms. The van der Waals surface area contributed by atoms with E-state index in [1.807, 2.05) is 30.3 Å². The van der Waals surface area contributed by atoms with Gasteiger partial charge in [0.05, 0.1) is 0 Å². The van der Waals surface area contributed by atoms with E-state index in [2.05, 4.69) is 12.2 Å². The molecular formula is C20H21NO3S2. The Morgan fingerprint density at radius 1 is 1.27 bits per heavy atom. The molecule has 6 heteroatoms. The van der Waals surface area contributed by atoms with Gasteiger partial charge in [0, 0.05) is 23.3 Å². The predicted molar refractivity (Wildman–Crippen MR) is 109 cm³/mol. The second kappa shape index (κ2) is 8.56. The van der Waals surface area contributed by atoms with Crippen LogP contribution in [0.15, 0.2) is 48.5 Å². The molecule has 0 aromatic heterocycles. The van der Waals surface area contributed by atoms with Crippen molar-refractivity contribution in [2.45, 2.75) is 31.7 Å². The van der Waals surface area contributed by atoms with E-state index in [-0.39, 0.29) is 11.7 Å². The van der Waals surface area contributed by atoms with E-state index in [1.165, 1.54) is 6.07 Å². The molecule has 0 aliphatic carbocycles. The van der Waals surface area contributed by atoms with Gasteiger partial charge >= 0.3 is 5.97 Å². The van der Waals surface area contributed by atoms with Crippen molar-refractivity contribution >= 4 is 34.3 Å². The largest absolute Gasteiger partial charge is 0.508 e. The van der Waals surface area contributed by atoms with Crippen LogP contribution in [0.1, 0.15) is 36.8 Å². The molecule has 2 aromatic carbocycles. The van der Waals surface area contributed by atoms with Gasteiger partial charge in [-0.1, -0.05) is 73.7 Å². The molecule has 0 saturated heterocycles. The van der Waals surface area contributed by atoms with Gasteiger partial charge in [0.25, 0.3) is 0 Å². The lowest BCUT2D eigenvalue weighted by atomic mass is 9.83. The topological polar surface area (TPSA) is 58.6 Å². The summed E-state index contributed by atoms with van der Waals surface area (Å²) in [6.45, 7) is 2.13. The SMILES string of the molecule is CCCCSC(=S)NC1C(=O)Oc2cc(O)ccc2C1c1ccccc1. The van der Waals surface area contributed by atoms with Gasteiger partial charge in [0.1, 0.15) is 21.9 Å². The lowest BCUT2D eigenvalue weighted by molar-refractivity contribution is -0.137. The summed E-state index contributed by atoms with van der Waals surface area (Å²) in [5, 5.41) is 12.9. The first-order chi connectivity index (χ1) is 12.6. The van der Waals surface area contributed by atoms with Gasteiger partial charge in [-0.15, -0.1) is 0 Å². The highest BCUT2D eigenvalue weighted by Crippen LogP contribution is 2.40. The van der Waals surface area contributed by atoms with Crippen LogP contribution < -0.4 is 10.1 Å². The highest BCUT2D eigenvalue weighted by Gasteiger charge is 2.39. The zero-order valence-electron chi connectivity index (χ0n) is 14.5. The minimum Gasteiger partial charge on any atom is -0.508 e. The third-order valence-corrected chi connectivity index (χ3v) is 5.64. The monoisotopic (exact) mass is 387 g/mol. The van der Waals surface area contributed by atoms with Crippen LogP contribution >= 0.6 is 24.0 Å². The number of fused-ring (bicyclic) bond motifs is 1. The number of thioether (sulfide) groups is 1. The fourth-order valence-corrected chi connectivity index (χ4v) is 4.21. The normalized spacial score (nSPS) is 18.7. The minimum absolute atomic E-state index is 0.0698. The molecule has 2 aromatic rings. The average Bonchev–Trinajstić information content (AvgIpc) is 2.63. The zero-order chi connectivity index (χ0) is 18.5. The molecule has 2 unspecified atom stereocenters. The molecule has 136 valence electrons. The smallest absolute Gasteiger partial charge is 0.334 e. The van der Waals surface area contributed by atoms with Crippen LogP contribution in [0.25, 0.3) is 0 Å². The quantitative estimate of drug-likeness (QED) is 0.347. The zero-order valence-corrected chi connectivity index (χ0v) is 16.1. The van der Waals surface area contributed by atoms with E-state index in [0.29, 0.717) is 10.1 Å². The van der Waals surface area contributed by atoms with Crippen LogP contribution in [0, 0.1) is 0 Å². The van der Waals surface area contributed by atoms with Crippen molar-refractivity contribution in [1.29, 1.82) is 0 Å². The summed E-state index contributed by atoms with van der Waals surface area (Å²) < 4.78 is 6.07. The van der Waals surface area contributed by atoms with Crippen LogP contribution in [0.5, 0.6) is 11.5 Å². The number of benzene rings is 2. The number of phenols is 1. The van der Waals surface area contributed by atoms with Crippen LogP contribution in [0.3, 0.4) is 0 Å². The maximum atomic E-state index is 12.7. The number of thiocarbonyl (C=S) groups is 1. The van der Waals surface area contributed by atoms with Crippen molar-refractivity contribution in [3.8, 4) is 11.5 Å². The molecule has 3 rings (SSSR count). The molecule has 2 N–H and O–H groups in total. The molecule has 4 nitrogen and oxygen atoms in total. The maximum Gasteiger partial charge on any atom is 0.334 e. The molecule has 2 atom stereocenters. The van der Waals surface area contributed by atoms with E-state index in [9.17, 15) is 9.90 Å². The Morgan fingerprint density at radius 2 is 2.04 bits per heavy atom. The molecule has 1 heterocycles. The van der Waals surface area contributed by atoms with Crippen molar-refractivity contribution in [3.05, 3.63) is 59.7 Å². The number of rotatable bonds is 5. The highest BCUT2D eigenvalue weighted by atomic mass is 32.2. The van der Waals surface area contributed by atoms with Gasteiger partial charge in [-0.25, -0.2) is 4.79 Å². The highest BCUT2D eigenvalue weighted by molar-refractivity contribution is 8.22. The predicted octanol–water partition coefficient (Wildman–Crippen LogP) is 4.22. The number of carbonyl (C=O) groups is 1. The number of hydrogen-bond acceptors (Lipinski definition) is 5. The van der Waals surface area contributed by atoms with Gasteiger partial charge in [-0.3, -0.25) is 0 Å². The second-order valence-electron chi connectivity index (χ2n) is 6.14. The van der Waals surface area contributed by atoms with E-state index < -0.39 is 12.0 Å². The van der Waals surface area contributed by atoms with Gasteiger partial charge in [0.2, 0.25) is 0 Å². The summed E-state index contributed by atoms with van der Waals surface area (Å²) in [6, 6.07) is 14.1. The molecule has 1 aliphatic heterocycles. The standard InChI is InChI=1S/C20H21NO3S2/c1-2-3-11-26-20(25)21-18-17(13-7-5-4-6-8-13)15-10-9-14(22)12-16(15)24-19(18)23/h4-10,12,17-18,22H,2-3,11H2,1H3,(H,21,25). The van der Waals surface area contributed by atoms with Crippen LogP contribution in [-0.2, 0) is 4.79 Å². The fourth-order valence-electron chi connectivity index (χ4n) is 3.01. The molecule has 0 bridgehead atoms. The number of hydrogen-bond donors (Lipinski definition) is 2. The van der Waals surface area contributed by atoms with Crippen LogP contribution in [0.2, 0.25) is 0 Å². The molecular weight excluding hydrogens is 366 g/mol. The Kier molecular flexibility index (Phi) is 6.16. The Morgan fingerprint density at radius 3 is 2.77 bits per heavy atom. The molecule has 0 spiro atoms. The van der Waals surface area contributed by atoms with Crippen LogP contribution in [0.4, 0.5) is 0 Å². The first kappa shape index (κ1) is 18.7. The van der Waals surface area contributed by atoms with Crippen molar-refractivity contribution in [2.24, 2.45) is 0 Å². The fraction of sp³-hybridized carbons (Fsp3) is 0.300. The number of nitrogens with one attached hydrogen (secondary N) is 1. The summed E-state index contributed by atoms with van der Waals surface area (Å²) in [4.78, 5) is 12.7. The minimum atomic E-state index is -0.601. The Labute approximate surface area is 163 Å². The Balaban J connectivity index is 1.92. The van der Waals surface area contributed by atoms with E-state index >= 15 is 0 Å². The van der Waals surface area contributed by atoms with Crippen molar-refractivity contribution < 1.29 is 14.6 Å². The third kappa shape index (κ3) is 4.19. The number of esters is 1. The lowest BCUT2D eigenvalue weighted by Gasteiger charge is -2.33. The van der Waals surface area contributed by atoms with Gasteiger partial charge in [-0.05, 0) is 18.1 Å². The van der Waals surface area contributed by atoms with Gasteiger partial charge < -0.3 is 15.2 Å². The number of unbranched alkanes of at least 4 members (excludes halogenated alkanes) is 1. The Hall–Kier alpha value is -2.05. The molecule has 0 radical (unpaired) electrons. The van der Waals surface area contributed by atoms with Crippen molar-refractivity contribution in [1.82, 2.24) is 5.32 Å². The average molecular weight is 388 g/mol. The summed E-state index contributed by atoms with van der Waals surface area (Å²) in [5.41, 5.74) is 1.85. The van der Waals surface area contributed by atoms with Crippen LogP contribution in [-0.4, -0.2) is 27.2 Å². The van der Waals surface area contributed by atoms with Gasteiger partial charge in [0.15, 0.2) is 0 Å². The molecule has 1 aliphatic rings. The lowest BCUT2D eigenvalue weighted by Crippen LogP contribution is -2.48. The van der Waals surface area contributed by atoms with Crippen molar-refractivity contribution in [2.75, 3.05) is 5.75 Å². The summed E-state index contributed by atoms with van der Waals surface area (Å²) in [6.07, 6.45) is 2.18. The number of aromatic hydroxyl groups is 1. The second-order valence-corrected chi connectivity index (χ2v) is 7.91. The molecule has 0 amide bonds. The molecule has 0 fully saturated rings. The molecule has 0 saturated carbocycles. The van der Waals surface area contributed by atoms with Crippen molar-refractivity contribution in [3.63, 3.8) is 0 Å². The number of ether oxygens (including phenoxy) is 1. The third-order valence-electron chi connectivity index (χ3n) is 4.29. The maximum absolute atomic E-state index is 12.7. The summed E-state index contributed by atoms with van der Waals surface area (Å²) >= 11 is 6.98. The van der Waals surface area contributed by atoms with Gasteiger partial charge in [-0.2, -0.15) is 0 Å². The first-order valence-electron chi connectivity index (χ1n) is 8.63.